The summed E-state index contributed by atoms with van der Waals surface area (Å²) in [5, 5.41) is 3.31. The quantitative estimate of drug-likeness (QED) is 0.655. The lowest BCUT2D eigenvalue weighted by molar-refractivity contribution is 0.184. The minimum absolute atomic E-state index is 0.132. The van der Waals surface area contributed by atoms with Gasteiger partial charge in [0.05, 0.1) is 25.8 Å². The van der Waals surface area contributed by atoms with Gasteiger partial charge in [0.1, 0.15) is 5.75 Å². The molecular weight excluding hydrogens is 302 g/mol. The molecule has 0 radical (unpaired) electrons. The van der Waals surface area contributed by atoms with E-state index in [0.29, 0.717) is 25.7 Å². The highest BCUT2D eigenvalue weighted by molar-refractivity contribution is 5.78. The molecule has 1 atom stereocenters. The summed E-state index contributed by atoms with van der Waals surface area (Å²) in [4.78, 5) is 4.49. The summed E-state index contributed by atoms with van der Waals surface area (Å²) in [6, 6.07) is 16.3. The molecule has 0 bridgehead atoms. The van der Waals surface area contributed by atoms with Gasteiger partial charge in [-0.2, -0.15) is 0 Å². The Kier molecular flexibility index (Phi) is 5.33. The average molecular weight is 325 g/mol. The first-order chi connectivity index (χ1) is 11.8. The van der Waals surface area contributed by atoms with Crippen LogP contribution in [0.2, 0.25) is 0 Å². The van der Waals surface area contributed by atoms with Crippen molar-refractivity contribution in [3.05, 3.63) is 65.2 Å². The highest BCUT2D eigenvalue weighted by Gasteiger charge is 2.21. The lowest BCUT2D eigenvalue weighted by Crippen LogP contribution is -2.37. The molecule has 0 amide bonds. The summed E-state index contributed by atoms with van der Waals surface area (Å²) in [5.41, 5.74) is 9.48. The summed E-state index contributed by atoms with van der Waals surface area (Å²) in [6.45, 7) is 1.79. The van der Waals surface area contributed by atoms with Gasteiger partial charge < -0.3 is 20.5 Å². The number of rotatable bonds is 5. The maximum absolute atomic E-state index is 6.10. The number of fused-ring (bicyclic) bond motifs is 1. The van der Waals surface area contributed by atoms with Gasteiger partial charge in [-0.25, -0.2) is 4.99 Å². The van der Waals surface area contributed by atoms with Crippen LogP contribution in [0.3, 0.4) is 0 Å². The maximum atomic E-state index is 6.10. The topological polar surface area (TPSA) is 68.9 Å². The Balaban J connectivity index is 1.68. The van der Waals surface area contributed by atoms with Crippen molar-refractivity contribution in [3.63, 3.8) is 0 Å². The van der Waals surface area contributed by atoms with E-state index >= 15 is 0 Å². The lowest BCUT2D eigenvalue weighted by atomic mass is 10.0. The molecule has 126 valence electrons. The van der Waals surface area contributed by atoms with E-state index in [9.17, 15) is 0 Å². The SMILES string of the molecule is COCc1ccccc1CN=C(N)NC1CCOc2ccccc21. The second-order valence-electron chi connectivity index (χ2n) is 5.78. The van der Waals surface area contributed by atoms with Crippen LogP contribution in [-0.4, -0.2) is 19.7 Å². The van der Waals surface area contributed by atoms with Gasteiger partial charge >= 0.3 is 0 Å². The molecular formula is C19H23N3O2. The first kappa shape index (κ1) is 16.3. The molecule has 0 aliphatic carbocycles. The van der Waals surface area contributed by atoms with Crippen molar-refractivity contribution in [1.29, 1.82) is 0 Å². The number of methoxy groups -OCH3 is 1. The van der Waals surface area contributed by atoms with Gasteiger partial charge in [-0.3, -0.25) is 0 Å². The van der Waals surface area contributed by atoms with Gasteiger partial charge in [-0.15, -0.1) is 0 Å². The van der Waals surface area contributed by atoms with Crippen molar-refractivity contribution in [2.75, 3.05) is 13.7 Å². The number of benzene rings is 2. The van der Waals surface area contributed by atoms with Crippen LogP contribution >= 0.6 is 0 Å². The standard InChI is InChI=1S/C19H23N3O2/c1-23-13-15-7-3-2-6-14(15)12-21-19(20)22-17-10-11-24-18-9-5-4-8-16(17)18/h2-9,17H,10-13H2,1H3,(H3,20,21,22). The minimum Gasteiger partial charge on any atom is -0.493 e. The number of guanidine groups is 1. The van der Waals surface area contributed by atoms with Crippen LogP contribution in [-0.2, 0) is 17.9 Å². The highest BCUT2D eigenvalue weighted by Crippen LogP contribution is 2.31. The molecule has 5 nitrogen and oxygen atoms in total. The van der Waals surface area contributed by atoms with Gasteiger partial charge in [0.2, 0.25) is 0 Å². The summed E-state index contributed by atoms with van der Waals surface area (Å²) >= 11 is 0. The van der Waals surface area contributed by atoms with Crippen molar-refractivity contribution >= 4 is 5.96 Å². The van der Waals surface area contributed by atoms with E-state index in [2.05, 4.69) is 22.4 Å². The van der Waals surface area contributed by atoms with Crippen molar-refractivity contribution < 1.29 is 9.47 Å². The molecule has 24 heavy (non-hydrogen) atoms. The fourth-order valence-corrected chi connectivity index (χ4v) is 2.89. The zero-order chi connectivity index (χ0) is 16.8. The Morgan fingerprint density at radius 2 is 1.96 bits per heavy atom. The number of hydrogen-bond donors (Lipinski definition) is 2. The molecule has 0 saturated heterocycles. The van der Waals surface area contributed by atoms with Crippen LogP contribution < -0.4 is 15.8 Å². The normalized spacial score (nSPS) is 17.0. The maximum Gasteiger partial charge on any atom is 0.189 e. The molecule has 0 spiro atoms. The number of aliphatic imine (C=N–C) groups is 1. The number of nitrogens with zero attached hydrogens (tertiary/aromatic N) is 1. The number of ether oxygens (including phenoxy) is 2. The number of para-hydroxylation sites is 1. The number of nitrogens with one attached hydrogen (secondary N) is 1. The Morgan fingerprint density at radius 1 is 1.21 bits per heavy atom. The van der Waals surface area contributed by atoms with Crippen molar-refractivity contribution in [2.24, 2.45) is 10.7 Å². The third kappa shape index (κ3) is 3.86. The van der Waals surface area contributed by atoms with Crippen LogP contribution in [0, 0.1) is 0 Å². The average Bonchev–Trinajstić information content (AvgIpc) is 2.62. The van der Waals surface area contributed by atoms with E-state index < -0.39 is 0 Å². The van der Waals surface area contributed by atoms with Crippen molar-refractivity contribution in [1.82, 2.24) is 5.32 Å². The Hall–Kier alpha value is -2.53. The molecule has 3 rings (SSSR count). The van der Waals surface area contributed by atoms with Crippen molar-refractivity contribution in [2.45, 2.75) is 25.6 Å². The fraction of sp³-hybridized carbons (Fsp3) is 0.316. The van der Waals surface area contributed by atoms with E-state index in [1.807, 2.05) is 36.4 Å². The number of hydrogen-bond acceptors (Lipinski definition) is 3. The molecule has 1 unspecified atom stereocenters. The highest BCUT2D eigenvalue weighted by atomic mass is 16.5. The van der Waals surface area contributed by atoms with Crippen LogP contribution in [0.5, 0.6) is 5.75 Å². The van der Waals surface area contributed by atoms with Gasteiger partial charge in [0.15, 0.2) is 5.96 Å². The zero-order valence-corrected chi connectivity index (χ0v) is 13.9. The van der Waals surface area contributed by atoms with Crippen LogP contribution in [0.15, 0.2) is 53.5 Å². The molecule has 2 aromatic rings. The first-order valence-corrected chi connectivity index (χ1v) is 8.12. The molecule has 1 heterocycles. The molecule has 0 saturated carbocycles. The van der Waals surface area contributed by atoms with E-state index in [-0.39, 0.29) is 6.04 Å². The second-order valence-corrected chi connectivity index (χ2v) is 5.78. The smallest absolute Gasteiger partial charge is 0.189 e. The number of nitrogens with two attached hydrogens (primary N) is 1. The second kappa shape index (κ2) is 7.84. The zero-order valence-electron chi connectivity index (χ0n) is 13.9. The van der Waals surface area contributed by atoms with E-state index in [1.54, 1.807) is 7.11 Å². The fourth-order valence-electron chi connectivity index (χ4n) is 2.89. The van der Waals surface area contributed by atoms with Gasteiger partial charge in [-0.05, 0) is 17.2 Å². The molecule has 2 aromatic carbocycles. The molecule has 1 aliphatic heterocycles. The predicted octanol–water partition coefficient (Wildman–Crippen LogP) is 2.76. The van der Waals surface area contributed by atoms with Crippen LogP contribution in [0.25, 0.3) is 0 Å². The van der Waals surface area contributed by atoms with Gasteiger partial charge in [-0.1, -0.05) is 42.5 Å². The molecule has 1 aliphatic rings. The first-order valence-electron chi connectivity index (χ1n) is 8.12. The summed E-state index contributed by atoms with van der Waals surface area (Å²) in [5.74, 6) is 1.36. The molecule has 3 N–H and O–H groups in total. The van der Waals surface area contributed by atoms with E-state index in [0.717, 1.165) is 28.9 Å². The summed E-state index contributed by atoms with van der Waals surface area (Å²) in [7, 11) is 1.69. The van der Waals surface area contributed by atoms with E-state index in [4.69, 9.17) is 15.2 Å². The summed E-state index contributed by atoms with van der Waals surface area (Å²) < 4.78 is 10.9. The lowest BCUT2D eigenvalue weighted by Gasteiger charge is -2.27. The van der Waals surface area contributed by atoms with Gasteiger partial charge in [0, 0.05) is 19.1 Å². The van der Waals surface area contributed by atoms with Gasteiger partial charge in [0.25, 0.3) is 0 Å². The largest absolute Gasteiger partial charge is 0.493 e. The Morgan fingerprint density at radius 3 is 2.79 bits per heavy atom. The van der Waals surface area contributed by atoms with Crippen molar-refractivity contribution in [3.8, 4) is 5.75 Å². The Labute approximate surface area is 142 Å². The predicted molar refractivity (Wildman–Crippen MR) is 94.9 cm³/mol. The third-order valence-electron chi connectivity index (χ3n) is 4.12. The Bertz CT molecular complexity index is 715. The monoisotopic (exact) mass is 325 g/mol. The molecule has 5 heteroatoms. The summed E-state index contributed by atoms with van der Waals surface area (Å²) in [6.07, 6.45) is 0.869. The third-order valence-corrected chi connectivity index (χ3v) is 4.12. The van der Waals surface area contributed by atoms with Crippen LogP contribution in [0.1, 0.15) is 29.2 Å². The van der Waals surface area contributed by atoms with Crippen LogP contribution in [0.4, 0.5) is 0 Å². The molecule has 0 fully saturated rings. The van der Waals surface area contributed by atoms with E-state index in [1.165, 1.54) is 0 Å². The minimum atomic E-state index is 0.132. The molecule has 0 aromatic heterocycles.